The Kier molecular flexibility index (Phi) is 5.76. The van der Waals surface area contributed by atoms with Crippen LogP contribution in [0.5, 0.6) is 0 Å². The summed E-state index contributed by atoms with van der Waals surface area (Å²) in [5, 5.41) is 18.1. The number of hydrogen-bond donors (Lipinski definition) is 1. The number of carbonyl (C=O) groups is 1. The van der Waals surface area contributed by atoms with Crippen molar-refractivity contribution in [2.24, 2.45) is 0 Å². The van der Waals surface area contributed by atoms with Crippen molar-refractivity contribution in [3.8, 4) is 5.69 Å². The Balaban J connectivity index is 1.29. The van der Waals surface area contributed by atoms with Crippen LogP contribution in [0.1, 0.15) is 23.0 Å². The van der Waals surface area contributed by atoms with Crippen LogP contribution >= 0.6 is 0 Å². The average molecular weight is 460 g/mol. The van der Waals surface area contributed by atoms with Gasteiger partial charge in [-0.3, -0.25) is 9.69 Å². The van der Waals surface area contributed by atoms with E-state index in [9.17, 15) is 14.7 Å². The molecule has 0 unspecified atom stereocenters. The fourth-order valence-corrected chi connectivity index (χ4v) is 4.12. The number of piperazine rings is 1. The number of hydrogen-bond acceptors (Lipinski definition) is 8. The van der Waals surface area contributed by atoms with Crippen molar-refractivity contribution >= 4 is 23.0 Å². The van der Waals surface area contributed by atoms with Gasteiger partial charge in [-0.25, -0.2) is 14.5 Å². The maximum Gasteiger partial charge on any atom is 0.341 e. The van der Waals surface area contributed by atoms with Crippen molar-refractivity contribution < 1.29 is 9.90 Å². The van der Waals surface area contributed by atoms with Crippen LogP contribution in [0.4, 0.5) is 5.95 Å². The first-order chi connectivity index (χ1) is 16.5. The van der Waals surface area contributed by atoms with Gasteiger partial charge in [-0.1, -0.05) is 23.4 Å². The van der Waals surface area contributed by atoms with Crippen molar-refractivity contribution in [3.63, 3.8) is 0 Å². The molecule has 1 aromatic carbocycles. The van der Waals surface area contributed by atoms with Crippen molar-refractivity contribution in [2.45, 2.75) is 20.0 Å². The lowest BCUT2D eigenvalue weighted by Crippen LogP contribution is -2.46. The minimum atomic E-state index is -1.25. The predicted molar refractivity (Wildman–Crippen MR) is 125 cm³/mol. The predicted octanol–water partition coefficient (Wildman–Crippen LogP) is 1.41. The van der Waals surface area contributed by atoms with Crippen molar-refractivity contribution in [2.75, 3.05) is 31.1 Å². The van der Waals surface area contributed by atoms with Gasteiger partial charge < -0.3 is 14.6 Å². The Hall–Kier alpha value is -4.12. The number of rotatable bonds is 6. The van der Waals surface area contributed by atoms with Crippen LogP contribution in [0, 0.1) is 0 Å². The summed E-state index contributed by atoms with van der Waals surface area (Å²) in [7, 11) is 0. The Morgan fingerprint density at radius 2 is 1.85 bits per heavy atom. The minimum Gasteiger partial charge on any atom is -0.477 e. The number of nitrogens with zero attached hydrogens (tertiary/aromatic N) is 8. The molecule has 11 nitrogen and oxygen atoms in total. The number of benzene rings is 1. The first-order valence-electron chi connectivity index (χ1n) is 11.1. The molecule has 4 aromatic rings. The molecule has 4 heterocycles. The van der Waals surface area contributed by atoms with Gasteiger partial charge in [0, 0.05) is 51.7 Å². The highest BCUT2D eigenvalue weighted by Gasteiger charge is 2.22. The van der Waals surface area contributed by atoms with E-state index in [0.29, 0.717) is 24.7 Å². The molecule has 34 heavy (non-hydrogen) atoms. The van der Waals surface area contributed by atoms with Crippen LogP contribution in [-0.4, -0.2) is 71.7 Å². The lowest BCUT2D eigenvalue weighted by atomic mass is 10.2. The van der Waals surface area contributed by atoms with E-state index < -0.39 is 11.4 Å². The smallest absolute Gasteiger partial charge is 0.341 e. The van der Waals surface area contributed by atoms with E-state index in [1.165, 1.54) is 12.4 Å². The number of anilines is 1. The standard InChI is InChI=1S/C23H24N8O3/c1-2-29-15-19(22(33)34)20(32)18-12-24-23(25-21(18)29)30-10-8-28(9-11-30)13-16-14-31(27-26-16)17-6-4-3-5-7-17/h3-7,12,14-15H,2,8-11,13H2,1H3,(H,33,34). The zero-order chi connectivity index (χ0) is 23.7. The Bertz CT molecular complexity index is 1390. The highest BCUT2D eigenvalue weighted by Crippen LogP contribution is 2.17. The minimum absolute atomic E-state index is 0.214. The van der Waals surface area contributed by atoms with E-state index in [0.717, 1.165) is 37.6 Å². The molecular formula is C23H24N8O3. The number of fused-ring (bicyclic) bond motifs is 1. The summed E-state index contributed by atoms with van der Waals surface area (Å²) in [6.45, 7) is 6.13. The molecule has 1 fully saturated rings. The third-order valence-electron chi connectivity index (χ3n) is 5.98. The summed E-state index contributed by atoms with van der Waals surface area (Å²) in [6, 6.07) is 9.88. The van der Waals surface area contributed by atoms with Crippen LogP contribution in [0.3, 0.4) is 0 Å². The van der Waals surface area contributed by atoms with E-state index >= 15 is 0 Å². The molecule has 1 saturated heterocycles. The van der Waals surface area contributed by atoms with E-state index in [1.807, 2.05) is 43.5 Å². The number of para-hydroxylation sites is 1. The number of aryl methyl sites for hydroxylation is 1. The van der Waals surface area contributed by atoms with Crippen LogP contribution in [-0.2, 0) is 13.1 Å². The molecule has 11 heteroatoms. The van der Waals surface area contributed by atoms with E-state index in [2.05, 4.69) is 30.1 Å². The topological polar surface area (TPSA) is 122 Å². The van der Waals surface area contributed by atoms with Crippen LogP contribution in [0.2, 0.25) is 0 Å². The van der Waals surface area contributed by atoms with Crippen LogP contribution in [0.25, 0.3) is 16.7 Å². The second-order valence-corrected chi connectivity index (χ2v) is 8.12. The van der Waals surface area contributed by atoms with E-state index in [1.54, 1.807) is 9.25 Å². The zero-order valence-corrected chi connectivity index (χ0v) is 18.7. The molecule has 1 N–H and O–H groups in total. The molecule has 0 bridgehead atoms. The van der Waals surface area contributed by atoms with Gasteiger partial charge in [0.25, 0.3) is 0 Å². The number of aromatic nitrogens is 6. The molecule has 5 rings (SSSR count). The molecular weight excluding hydrogens is 436 g/mol. The van der Waals surface area contributed by atoms with E-state index in [-0.39, 0.29) is 10.9 Å². The average Bonchev–Trinajstić information content (AvgIpc) is 3.33. The molecule has 3 aromatic heterocycles. The zero-order valence-electron chi connectivity index (χ0n) is 18.7. The normalized spacial score (nSPS) is 14.6. The number of carboxylic acids is 1. The fourth-order valence-electron chi connectivity index (χ4n) is 4.12. The highest BCUT2D eigenvalue weighted by molar-refractivity contribution is 5.91. The Morgan fingerprint density at radius 1 is 1.09 bits per heavy atom. The third kappa shape index (κ3) is 4.13. The molecule has 0 atom stereocenters. The van der Waals surface area contributed by atoms with Crippen molar-refractivity contribution in [1.29, 1.82) is 0 Å². The number of aromatic carboxylic acids is 1. The second kappa shape index (κ2) is 9.02. The summed E-state index contributed by atoms with van der Waals surface area (Å²) in [5.41, 5.74) is 1.49. The number of carboxylic acid groups (broad SMARTS) is 1. The molecule has 174 valence electrons. The molecule has 0 saturated carbocycles. The maximum atomic E-state index is 12.5. The lowest BCUT2D eigenvalue weighted by Gasteiger charge is -2.34. The maximum absolute atomic E-state index is 12.5. The Morgan fingerprint density at radius 3 is 2.56 bits per heavy atom. The van der Waals surface area contributed by atoms with Crippen molar-refractivity contribution in [1.82, 2.24) is 34.4 Å². The van der Waals surface area contributed by atoms with Gasteiger partial charge in [-0.15, -0.1) is 5.10 Å². The molecule has 0 radical (unpaired) electrons. The van der Waals surface area contributed by atoms with Gasteiger partial charge in [0.05, 0.1) is 23.0 Å². The van der Waals surface area contributed by atoms with Gasteiger partial charge in [-0.05, 0) is 19.1 Å². The quantitative estimate of drug-likeness (QED) is 0.455. The molecule has 0 amide bonds. The SMILES string of the molecule is CCn1cc(C(=O)O)c(=O)c2cnc(N3CCN(Cc4cn(-c5ccccc5)nn4)CC3)nc21. The molecule has 1 aliphatic heterocycles. The third-order valence-corrected chi connectivity index (χ3v) is 5.98. The lowest BCUT2D eigenvalue weighted by molar-refractivity contribution is 0.0695. The highest BCUT2D eigenvalue weighted by atomic mass is 16.4. The first kappa shape index (κ1) is 21.7. The fraction of sp³-hybridized carbons (Fsp3) is 0.304. The van der Waals surface area contributed by atoms with E-state index in [4.69, 9.17) is 0 Å². The summed E-state index contributed by atoms with van der Waals surface area (Å²) < 4.78 is 3.45. The number of pyridine rings is 1. The molecule has 0 aliphatic carbocycles. The molecule has 1 aliphatic rings. The van der Waals surface area contributed by atoms with Gasteiger partial charge in [0.2, 0.25) is 11.4 Å². The second-order valence-electron chi connectivity index (χ2n) is 8.12. The first-order valence-corrected chi connectivity index (χ1v) is 11.1. The molecule has 0 spiro atoms. The van der Waals surface area contributed by atoms with Gasteiger partial charge in [-0.2, -0.15) is 4.98 Å². The summed E-state index contributed by atoms with van der Waals surface area (Å²) in [5.74, 6) is -0.718. The van der Waals surface area contributed by atoms with Gasteiger partial charge >= 0.3 is 5.97 Å². The monoisotopic (exact) mass is 460 g/mol. The van der Waals surface area contributed by atoms with Crippen molar-refractivity contribution in [3.05, 3.63) is 70.4 Å². The summed E-state index contributed by atoms with van der Waals surface area (Å²) in [6.07, 6.45) is 4.74. The van der Waals surface area contributed by atoms with Gasteiger partial charge in [0.15, 0.2) is 0 Å². The van der Waals surface area contributed by atoms with Crippen LogP contribution in [0.15, 0.2) is 53.7 Å². The van der Waals surface area contributed by atoms with Gasteiger partial charge in [0.1, 0.15) is 11.2 Å². The van der Waals surface area contributed by atoms with Crippen LogP contribution < -0.4 is 10.3 Å². The Labute approximate surface area is 194 Å². The largest absolute Gasteiger partial charge is 0.477 e. The summed E-state index contributed by atoms with van der Waals surface area (Å²) in [4.78, 5) is 37.3. The summed E-state index contributed by atoms with van der Waals surface area (Å²) >= 11 is 0.